The van der Waals surface area contributed by atoms with Crippen molar-refractivity contribution in [2.45, 2.75) is 19.3 Å². The van der Waals surface area contributed by atoms with E-state index < -0.39 is 0 Å². The Labute approximate surface area is 192 Å². The number of nitrogens with zero attached hydrogens (tertiary/aromatic N) is 3. The first-order valence-corrected chi connectivity index (χ1v) is 11.3. The monoisotopic (exact) mass is 451 g/mol. The fourth-order valence-corrected chi connectivity index (χ4v) is 5.19. The number of anilines is 1. The number of ether oxygens (including phenoxy) is 3. The number of nitriles is 1. The first-order valence-electron chi connectivity index (χ1n) is 10.4. The first-order chi connectivity index (χ1) is 15.6. The molecular weight excluding hydrogens is 426 g/mol. The molecule has 2 aromatic carbocycles. The predicted molar refractivity (Wildman–Crippen MR) is 124 cm³/mol. The van der Waals surface area contributed by atoms with E-state index in [0.717, 1.165) is 22.0 Å². The van der Waals surface area contributed by atoms with Crippen molar-refractivity contribution in [1.29, 1.82) is 5.26 Å². The molecule has 0 bridgehead atoms. The van der Waals surface area contributed by atoms with Crippen LogP contribution in [0.5, 0.6) is 17.2 Å². The summed E-state index contributed by atoms with van der Waals surface area (Å²) in [5, 5.41) is 10.8. The van der Waals surface area contributed by atoms with Crippen LogP contribution >= 0.6 is 11.8 Å². The topological polar surface area (TPSA) is 75.0 Å². The maximum atomic E-state index is 13.2. The van der Waals surface area contributed by atoms with E-state index in [-0.39, 0.29) is 18.2 Å². The molecule has 1 amide bonds. The summed E-state index contributed by atoms with van der Waals surface area (Å²) in [5.41, 5.74) is 2.43. The van der Waals surface area contributed by atoms with Gasteiger partial charge in [-0.2, -0.15) is 5.26 Å². The second kappa shape index (κ2) is 9.45. The van der Waals surface area contributed by atoms with Crippen LogP contribution in [-0.2, 0) is 4.79 Å². The molecule has 7 nitrogen and oxygen atoms in total. The minimum Gasteiger partial charge on any atom is -0.497 e. The summed E-state index contributed by atoms with van der Waals surface area (Å²) in [5.74, 6) is 2.39. The molecule has 0 saturated carbocycles. The average Bonchev–Trinajstić information content (AvgIpc) is 2.84. The molecule has 0 spiro atoms. The van der Waals surface area contributed by atoms with Crippen LogP contribution in [0.2, 0.25) is 0 Å². The Morgan fingerprint density at radius 1 is 1.12 bits per heavy atom. The molecule has 166 valence electrons. The van der Waals surface area contributed by atoms with Crippen molar-refractivity contribution >= 4 is 23.4 Å². The zero-order valence-electron chi connectivity index (χ0n) is 18.3. The third-order valence-electron chi connectivity index (χ3n) is 5.62. The van der Waals surface area contributed by atoms with E-state index in [1.54, 1.807) is 25.2 Å². The molecule has 1 atom stereocenters. The molecule has 8 heteroatoms. The van der Waals surface area contributed by atoms with Crippen LogP contribution in [0.3, 0.4) is 0 Å². The Kier molecular flexibility index (Phi) is 6.47. The summed E-state index contributed by atoms with van der Waals surface area (Å²) < 4.78 is 16.3. The van der Waals surface area contributed by atoms with Crippen molar-refractivity contribution in [3.8, 4) is 23.3 Å². The van der Waals surface area contributed by atoms with Crippen LogP contribution < -0.4 is 19.1 Å². The smallest absolute Gasteiger partial charge is 0.229 e. The van der Waals surface area contributed by atoms with E-state index >= 15 is 0 Å². The second-order valence-electron chi connectivity index (χ2n) is 7.40. The molecule has 2 aliphatic heterocycles. The molecule has 2 aromatic rings. The summed E-state index contributed by atoms with van der Waals surface area (Å²) in [6, 6.07) is 15.7. The van der Waals surface area contributed by atoms with Gasteiger partial charge >= 0.3 is 0 Å². The van der Waals surface area contributed by atoms with Crippen molar-refractivity contribution in [1.82, 2.24) is 4.90 Å². The molecular formula is C24H25N3O4S. The van der Waals surface area contributed by atoms with Crippen LogP contribution in [0, 0.1) is 11.3 Å². The maximum absolute atomic E-state index is 13.2. The van der Waals surface area contributed by atoms with Gasteiger partial charge in [-0.15, -0.1) is 0 Å². The summed E-state index contributed by atoms with van der Waals surface area (Å²) >= 11 is 1.51. The quantitative estimate of drug-likeness (QED) is 0.647. The van der Waals surface area contributed by atoms with E-state index in [2.05, 4.69) is 11.0 Å². The van der Waals surface area contributed by atoms with Gasteiger partial charge in [-0.3, -0.25) is 9.69 Å². The van der Waals surface area contributed by atoms with Crippen molar-refractivity contribution in [3.63, 3.8) is 0 Å². The number of methoxy groups -OCH3 is 2. The van der Waals surface area contributed by atoms with Gasteiger partial charge in [0.2, 0.25) is 5.91 Å². The van der Waals surface area contributed by atoms with Gasteiger partial charge in [-0.05, 0) is 37.3 Å². The van der Waals surface area contributed by atoms with E-state index in [1.165, 1.54) is 11.8 Å². The molecule has 1 saturated heterocycles. The Hall–Kier alpha value is -3.31. The standard InChI is InChI=1S/C24H25N3O4S/c1-4-31-17-7-5-16(6-8-17)26-14-27-23(28)12-20(21(13-25)24(27)32-15-26)19-10-9-18(29-2)11-22(19)30-3/h5-11,20H,4,12,14-15H2,1-3H3/t20-/m0/s1. The Morgan fingerprint density at radius 3 is 2.53 bits per heavy atom. The van der Waals surface area contributed by atoms with Gasteiger partial charge in [0.15, 0.2) is 0 Å². The summed E-state index contributed by atoms with van der Waals surface area (Å²) in [6.07, 6.45) is 0.215. The van der Waals surface area contributed by atoms with Gasteiger partial charge in [0.25, 0.3) is 0 Å². The lowest BCUT2D eigenvalue weighted by Crippen LogP contribution is -2.47. The molecule has 2 aliphatic rings. The fourth-order valence-electron chi connectivity index (χ4n) is 4.02. The molecule has 0 radical (unpaired) electrons. The minimum absolute atomic E-state index is 0.00925. The van der Waals surface area contributed by atoms with Crippen molar-refractivity contribution in [2.75, 3.05) is 38.3 Å². The molecule has 4 rings (SSSR count). The van der Waals surface area contributed by atoms with Gasteiger partial charge in [0, 0.05) is 29.7 Å². The molecule has 1 fully saturated rings. The highest BCUT2D eigenvalue weighted by atomic mass is 32.2. The van der Waals surface area contributed by atoms with Crippen molar-refractivity contribution in [3.05, 3.63) is 58.6 Å². The highest BCUT2D eigenvalue weighted by Gasteiger charge is 2.39. The lowest BCUT2D eigenvalue weighted by Gasteiger charge is -2.42. The van der Waals surface area contributed by atoms with Crippen LogP contribution in [0.4, 0.5) is 5.69 Å². The number of hydrogen-bond acceptors (Lipinski definition) is 7. The van der Waals surface area contributed by atoms with Crippen molar-refractivity contribution in [2.24, 2.45) is 0 Å². The molecule has 0 aliphatic carbocycles. The minimum atomic E-state index is -0.343. The number of benzene rings is 2. The van der Waals surface area contributed by atoms with Crippen LogP contribution in [0.25, 0.3) is 0 Å². The summed E-state index contributed by atoms with van der Waals surface area (Å²) in [6.45, 7) is 2.98. The van der Waals surface area contributed by atoms with Crippen LogP contribution in [0.1, 0.15) is 24.8 Å². The molecule has 2 heterocycles. The number of thioether (sulfide) groups is 1. The Balaban J connectivity index is 1.63. The molecule has 32 heavy (non-hydrogen) atoms. The summed E-state index contributed by atoms with van der Waals surface area (Å²) in [4.78, 5) is 17.0. The highest BCUT2D eigenvalue weighted by Crippen LogP contribution is 2.45. The molecule has 0 aromatic heterocycles. The molecule has 0 N–H and O–H groups in total. The number of hydrogen-bond donors (Lipinski definition) is 0. The van der Waals surface area contributed by atoms with Gasteiger partial charge in [-0.25, -0.2) is 0 Å². The zero-order valence-corrected chi connectivity index (χ0v) is 19.1. The van der Waals surface area contributed by atoms with Gasteiger partial charge in [0.1, 0.15) is 17.2 Å². The highest BCUT2D eigenvalue weighted by molar-refractivity contribution is 8.03. The zero-order chi connectivity index (χ0) is 22.7. The van der Waals surface area contributed by atoms with Gasteiger partial charge in [0.05, 0.1) is 50.0 Å². The van der Waals surface area contributed by atoms with E-state index in [1.807, 2.05) is 43.3 Å². The van der Waals surface area contributed by atoms with Crippen LogP contribution in [-0.4, -0.2) is 44.2 Å². The number of allylic oxidation sites excluding steroid dienone is 1. The third-order valence-corrected chi connectivity index (χ3v) is 6.78. The largest absolute Gasteiger partial charge is 0.497 e. The molecule has 0 unspecified atom stereocenters. The van der Waals surface area contributed by atoms with Crippen molar-refractivity contribution < 1.29 is 19.0 Å². The predicted octanol–water partition coefficient (Wildman–Crippen LogP) is 4.32. The average molecular weight is 452 g/mol. The van der Waals surface area contributed by atoms with E-state index in [4.69, 9.17) is 14.2 Å². The normalized spacial score (nSPS) is 18.2. The van der Waals surface area contributed by atoms with Crippen LogP contribution in [0.15, 0.2) is 53.1 Å². The lowest BCUT2D eigenvalue weighted by molar-refractivity contribution is -0.129. The number of carbonyl (C=O) groups excluding carboxylic acids is 1. The van der Waals surface area contributed by atoms with E-state index in [0.29, 0.717) is 36.2 Å². The number of rotatable bonds is 6. The first kappa shape index (κ1) is 21.9. The lowest BCUT2D eigenvalue weighted by atomic mass is 9.86. The maximum Gasteiger partial charge on any atom is 0.229 e. The summed E-state index contributed by atoms with van der Waals surface area (Å²) in [7, 11) is 3.17. The number of amides is 1. The Bertz CT molecular complexity index is 1080. The third kappa shape index (κ3) is 4.08. The fraction of sp³-hybridized carbons (Fsp3) is 0.333. The number of carbonyl (C=O) groups is 1. The van der Waals surface area contributed by atoms with Gasteiger partial charge < -0.3 is 19.1 Å². The second-order valence-corrected chi connectivity index (χ2v) is 8.33. The van der Waals surface area contributed by atoms with Gasteiger partial charge in [-0.1, -0.05) is 17.8 Å². The van der Waals surface area contributed by atoms with E-state index in [9.17, 15) is 10.1 Å². The SMILES string of the molecule is CCOc1ccc(N2CSC3=C(C#N)[C@H](c4ccc(OC)cc4OC)CC(=O)N3C2)cc1. The number of fused-ring (bicyclic) bond motifs is 1. The Morgan fingerprint density at radius 2 is 1.88 bits per heavy atom.